The van der Waals surface area contributed by atoms with E-state index in [9.17, 15) is 0 Å². The highest BCUT2D eigenvalue weighted by Gasteiger charge is 2.21. The smallest absolute Gasteiger partial charge is 0.126 e. The number of nitrogens with zero attached hydrogens (tertiary/aromatic N) is 1. The average Bonchev–Trinajstić information content (AvgIpc) is 2.71. The summed E-state index contributed by atoms with van der Waals surface area (Å²) in [5, 5.41) is 4.27. The van der Waals surface area contributed by atoms with Gasteiger partial charge < -0.3 is 5.32 Å². The molecule has 1 aromatic heterocycles. The molecule has 2 aromatic rings. The highest BCUT2D eigenvalue weighted by atomic mass is 35.5. The predicted molar refractivity (Wildman–Crippen MR) is 70.5 cm³/mol. The van der Waals surface area contributed by atoms with Crippen molar-refractivity contribution in [2.75, 3.05) is 5.32 Å². The largest absolute Gasteiger partial charge is 0.367 e. The maximum atomic E-state index is 6.00. The zero-order valence-corrected chi connectivity index (χ0v) is 10.1. The highest BCUT2D eigenvalue weighted by Crippen LogP contribution is 2.26. The molecular formula is C14H13ClN2. The molecule has 0 bridgehead atoms. The van der Waals surface area contributed by atoms with Gasteiger partial charge in [0.2, 0.25) is 0 Å². The van der Waals surface area contributed by atoms with Crippen LogP contribution in [-0.4, -0.2) is 11.0 Å². The Morgan fingerprint density at radius 2 is 2.00 bits per heavy atom. The monoisotopic (exact) mass is 244 g/mol. The Labute approximate surface area is 106 Å². The Bertz CT molecular complexity index is 525. The zero-order chi connectivity index (χ0) is 11.7. The van der Waals surface area contributed by atoms with Gasteiger partial charge >= 0.3 is 0 Å². The molecule has 0 aliphatic heterocycles. The van der Waals surface area contributed by atoms with Crippen molar-refractivity contribution in [3.8, 4) is 0 Å². The molecule has 1 unspecified atom stereocenters. The van der Waals surface area contributed by atoms with E-state index in [0.29, 0.717) is 6.04 Å². The van der Waals surface area contributed by atoms with Crippen molar-refractivity contribution in [3.63, 3.8) is 0 Å². The van der Waals surface area contributed by atoms with Gasteiger partial charge in [-0.15, -0.1) is 0 Å². The molecule has 1 heterocycles. The van der Waals surface area contributed by atoms with Gasteiger partial charge in [-0.25, -0.2) is 4.98 Å². The number of fused-ring (bicyclic) bond motifs is 1. The molecule has 17 heavy (non-hydrogen) atoms. The van der Waals surface area contributed by atoms with Crippen LogP contribution < -0.4 is 5.32 Å². The zero-order valence-electron chi connectivity index (χ0n) is 9.36. The van der Waals surface area contributed by atoms with Gasteiger partial charge in [0.25, 0.3) is 0 Å². The fourth-order valence-corrected chi connectivity index (χ4v) is 2.54. The topological polar surface area (TPSA) is 24.9 Å². The normalized spacial score (nSPS) is 17.8. The van der Waals surface area contributed by atoms with Crippen molar-refractivity contribution in [3.05, 3.63) is 58.7 Å². The van der Waals surface area contributed by atoms with Crippen LogP contribution in [0, 0.1) is 0 Å². The summed E-state index contributed by atoms with van der Waals surface area (Å²) < 4.78 is 0. The minimum Gasteiger partial charge on any atom is -0.367 e. The van der Waals surface area contributed by atoms with Crippen LogP contribution >= 0.6 is 11.6 Å². The third-order valence-corrected chi connectivity index (χ3v) is 3.35. The van der Waals surface area contributed by atoms with E-state index in [1.54, 1.807) is 6.20 Å². The Hall–Kier alpha value is -1.54. The van der Waals surface area contributed by atoms with E-state index in [4.69, 9.17) is 11.6 Å². The maximum absolute atomic E-state index is 6.00. The van der Waals surface area contributed by atoms with E-state index < -0.39 is 0 Å². The van der Waals surface area contributed by atoms with Gasteiger partial charge in [0.05, 0.1) is 0 Å². The van der Waals surface area contributed by atoms with Gasteiger partial charge in [-0.05, 0) is 48.2 Å². The van der Waals surface area contributed by atoms with Crippen LogP contribution in [0.1, 0.15) is 11.1 Å². The minimum absolute atomic E-state index is 0.429. The first-order chi connectivity index (χ1) is 8.31. The number of halogens is 1. The summed E-state index contributed by atoms with van der Waals surface area (Å²) in [7, 11) is 0. The lowest BCUT2D eigenvalue weighted by atomic mass is 10.1. The van der Waals surface area contributed by atoms with Crippen molar-refractivity contribution in [2.24, 2.45) is 0 Å². The van der Waals surface area contributed by atoms with Crippen LogP contribution in [0.15, 0.2) is 42.6 Å². The molecule has 1 atom stereocenters. The fourth-order valence-electron chi connectivity index (χ4n) is 2.35. The summed E-state index contributed by atoms with van der Waals surface area (Å²) >= 11 is 6.00. The third kappa shape index (κ3) is 2.27. The van der Waals surface area contributed by atoms with Gasteiger partial charge in [-0.3, -0.25) is 0 Å². The second-order valence-electron chi connectivity index (χ2n) is 4.38. The van der Waals surface area contributed by atoms with Crippen molar-refractivity contribution in [2.45, 2.75) is 18.9 Å². The molecule has 1 aromatic carbocycles. The van der Waals surface area contributed by atoms with Gasteiger partial charge in [0.1, 0.15) is 5.82 Å². The van der Waals surface area contributed by atoms with Gasteiger partial charge in [-0.2, -0.15) is 0 Å². The third-order valence-electron chi connectivity index (χ3n) is 3.12. The summed E-state index contributed by atoms with van der Waals surface area (Å²) in [6, 6.07) is 12.5. The molecule has 0 spiro atoms. The number of benzene rings is 1. The molecule has 0 saturated heterocycles. The molecule has 0 amide bonds. The fraction of sp³-hybridized carbons (Fsp3) is 0.214. The minimum atomic E-state index is 0.429. The van der Waals surface area contributed by atoms with Crippen LogP contribution in [0.4, 0.5) is 5.82 Å². The van der Waals surface area contributed by atoms with Crippen molar-refractivity contribution < 1.29 is 0 Å². The first-order valence-electron chi connectivity index (χ1n) is 5.76. The Balaban J connectivity index is 1.74. The number of pyridine rings is 1. The van der Waals surface area contributed by atoms with Crippen molar-refractivity contribution >= 4 is 17.4 Å². The van der Waals surface area contributed by atoms with Crippen LogP contribution in [0.5, 0.6) is 0 Å². The molecule has 0 radical (unpaired) electrons. The summed E-state index contributed by atoms with van der Waals surface area (Å²) in [5.74, 6) is 0.941. The van der Waals surface area contributed by atoms with E-state index in [-0.39, 0.29) is 0 Å². The second-order valence-corrected chi connectivity index (χ2v) is 4.81. The molecule has 1 aliphatic rings. The molecule has 86 valence electrons. The molecule has 0 saturated carbocycles. The summed E-state index contributed by atoms with van der Waals surface area (Å²) in [4.78, 5) is 4.29. The molecule has 3 heteroatoms. The number of nitrogens with one attached hydrogen (secondary N) is 1. The molecule has 0 fully saturated rings. The van der Waals surface area contributed by atoms with E-state index in [0.717, 1.165) is 23.7 Å². The van der Waals surface area contributed by atoms with Crippen LogP contribution in [0.3, 0.4) is 0 Å². The SMILES string of the molecule is Clc1ccc2c(c1)CC(Nc1ccccn1)C2. The lowest BCUT2D eigenvalue weighted by Gasteiger charge is -2.11. The van der Waals surface area contributed by atoms with E-state index in [2.05, 4.69) is 22.4 Å². The molecule has 3 rings (SSSR count). The van der Waals surface area contributed by atoms with Gasteiger partial charge in [-0.1, -0.05) is 23.7 Å². The maximum Gasteiger partial charge on any atom is 0.126 e. The Morgan fingerprint density at radius 1 is 1.12 bits per heavy atom. The molecule has 1 aliphatic carbocycles. The Kier molecular flexibility index (Phi) is 2.73. The first-order valence-corrected chi connectivity index (χ1v) is 6.14. The summed E-state index contributed by atoms with van der Waals surface area (Å²) in [5.41, 5.74) is 2.74. The lowest BCUT2D eigenvalue weighted by Crippen LogP contribution is -2.19. The predicted octanol–water partition coefficient (Wildman–Crippen LogP) is 3.31. The standard InChI is InChI=1S/C14H13ClN2/c15-12-5-4-10-8-13(9-11(10)7-12)17-14-3-1-2-6-16-14/h1-7,13H,8-9H2,(H,16,17). The van der Waals surface area contributed by atoms with Crippen molar-refractivity contribution in [1.82, 2.24) is 4.98 Å². The molecule has 2 nitrogen and oxygen atoms in total. The second kappa shape index (κ2) is 4.38. The highest BCUT2D eigenvalue weighted by molar-refractivity contribution is 6.30. The van der Waals surface area contributed by atoms with Gasteiger partial charge in [0.15, 0.2) is 0 Å². The number of aromatic nitrogens is 1. The Morgan fingerprint density at radius 3 is 2.82 bits per heavy atom. The molecular weight excluding hydrogens is 232 g/mol. The average molecular weight is 245 g/mol. The summed E-state index contributed by atoms with van der Waals surface area (Å²) in [6.07, 6.45) is 3.87. The number of hydrogen-bond donors (Lipinski definition) is 1. The van der Waals surface area contributed by atoms with E-state index >= 15 is 0 Å². The number of hydrogen-bond acceptors (Lipinski definition) is 2. The number of rotatable bonds is 2. The van der Waals surface area contributed by atoms with Crippen molar-refractivity contribution in [1.29, 1.82) is 0 Å². The quantitative estimate of drug-likeness (QED) is 0.877. The van der Waals surface area contributed by atoms with Gasteiger partial charge in [0, 0.05) is 17.3 Å². The lowest BCUT2D eigenvalue weighted by molar-refractivity contribution is 0.769. The van der Waals surface area contributed by atoms with Crippen LogP contribution in [-0.2, 0) is 12.8 Å². The molecule has 1 N–H and O–H groups in total. The van der Waals surface area contributed by atoms with Crippen LogP contribution in [0.25, 0.3) is 0 Å². The van der Waals surface area contributed by atoms with Crippen LogP contribution in [0.2, 0.25) is 5.02 Å². The first kappa shape index (κ1) is 10.6. The summed E-state index contributed by atoms with van der Waals surface area (Å²) in [6.45, 7) is 0. The van der Waals surface area contributed by atoms with E-state index in [1.165, 1.54) is 11.1 Å². The number of anilines is 1. The van der Waals surface area contributed by atoms with E-state index in [1.807, 2.05) is 24.3 Å².